The van der Waals surface area contributed by atoms with Crippen LogP contribution in [0.2, 0.25) is 0 Å². The van der Waals surface area contributed by atoms with Crippen LogP contribution >= 0.6 is 0 Å². The summed E-state index contributed by atoms with van der Waals surface area (Å²) in [4.78, 5) is 33.1. The highest BCUT2D eigenvalue weighted by molar-refractivity contribution is 6.15. The number of ether oxygens (including phenoxy) is 1. The van der Waals surface area contributed by atoms with Crippen molar-refractivity contribution in [2.24, 2.45) is 0 Å². The lowest BCUT2D eigenvalue weighted by atomic mass is 9.98. The molecule has 4 aromatic rings. The van der Waals surface area contributed by atoms with Crippen LogP contribution in [0.5, 0.6) is 0 Å². The fraction of sp³-hybridized carbons (Fsp3) is 0.0870. The minimum absolute atomic E-state index is 0.154. The van der Waals surface area contributed by atoms with E-state index < -0.39 is 5.97 Å². The molecule has 0 aliphatic carbocycles. The number of carbonyl (C=O) groups excluding carboxylic acids is 2. The summed E-state index contributed by atoms with van der Waals surface area (Å²) in [5.74, 6) is 0.0252. The molecule has 0 unspecified atom stereocenters. The summed E-state index contributed by atoms with van der Waals surface area (Å²) in [5.41, 5.74) is 3.52. The van der Waals surface area contributed by atoms with E-state index in [1.807, 2.05) is 37.3 Å². The van der Waals surface area contributed by atoms with Gasteiger partial charge in [0.25, 0.3) is 0 Å². The number of rotatable bonds is 5. The molecule has 4 rings (SSSR count). The SMILES string of the molecule is Cc1nc2ccc(C(=O)c3ccccc3C(=O)OCc3ccccc3)cc2[nH]1. The first-order valence-electron chi connectivity index (χ1n) is 8.93. The maximum Gasteiger partial charge on any atom is 0.339 e. The lowest BCUT2D eigenvalue weighted by molar-refractivity contribution is 0.0470. The third-order valence-electron chi connectivity index (χ3n) is 4.47. The molecule has 0 aliphatic heterocycles. The molecule has 1 aromatic heterocycles. The third kappa shape index (κ3) is 3.55. The molecule has 5 nitrogen and oxygen atoms in total. The fourth-order valence-corrected chi connectivity index (χ4v) is 3.09. The van der Waals surface area contributed by atoms with E-state index in [4.69, 9.17) is 4.74 Å². The Morgan fingerprint density at radius 1 is 0.929 bits per heavy atom. The van der Waals surface area contributed by atoms with Crippen molar-refractivity contribution in [3.8, 4) is 0 Å². The summed E-state index contributed by atoms with van der Waals surface area (Å²) in [6.07, 6.45) is 0. The quantitative estimate of drug-likeness (QED) is 0.416. The summed E-state index contributed by atoms with van der Waals surface area (Å²) in [6, 6.07) is 21.4. The van der Waals surface area contributed by atoms with Crippen molar-refractivity contribution < 1.29 is 14.3 Å². The number of aromatic amines is 1. The summed E-state index contributed by atoms with van der Waals surface area (Å²) >= 11 is 0. The number of nitrogens with one attached hydrogen (secondary N) is 1. The van der Waals surface area contributed by atoms with Crippen LogP contribution in [0.15, 0.2) is 72.8 Å². The van der Waals surface area contributed by atoms with Crippen molar-refractivity contribution in [3.63, 3.8) is 0 Å². The van der Waals surface area contributed by atoms with Gasteiger partial charge < -0.3 is 9.72 Å². The van der Waals surface area contributed by atoms with Crippen molar-refractivity contribution in [2.75, 3.05) is 0 Å². The van der Waals surface area contributed by atoms with Gasteiger partial charge in [-0.15, -0.1) is 0 Å². The molecule has 28 heavy (non-hydrogen) atoms. The van der Waals surface area contributed by atoms with E-state index in [9.17, 15) is 9.59 Å². The lowest BCUT2D eigenvalue weighted by Crippen LogP contribution is -2.12. The highest BCUT2D eigenvalue weighted by atomic mass is 16.5. The van der Waals surface area contributed by atoms with E-state index in [-0.39, 0.29) is 18.0 Å². The largest absolute Gasteiger partial charge is 0.457 e. The Morgan fingerprint density at radius 3 is 2.43 bits per heavy atom. The van der Waals surface area contributed by atoms with Crippen LogP contribution in [-0.2, 0) is 11.3 Å². The number of hydrogen-bond acceptors (Lipinski definition) is 4. The number of ketones is 1. The smallest absolute Gasteiger partial charge is 0.339 e. The predicted octanol–water partition coefficient (Wildman–Crippen LogP) is 4.46. The Labute approximate surface area is 162 Å². The van der Waals surface area contributed by atoms with Gasteiger partial charge in [-0.05, 0) is 36.8 Å². The molecular formula is C23H18N2O3. The number of aryl methyl sites for hydroxylation is 1. The van der Waals surface area contributed by atoms with Crippen molar-refractivity contribution in [1.29, 1.82) is 0 Å². The molecule has 0 radical (unpaired) electrons. The third-order valence-corrected chi connectivity index (χ3v) is 4.47. The van der Waals surface area contributed by atoms with Gasteiger partial charge in [0.1, 0.15) is 12.4 Å². The first-order valence-corrected chi connectivity index (χ1v) is 8.93. The minimum atomic E-state index is -0.522. The number of hydrogen-bond donors (Lipinski definition) is 1. The Morgan fingerprint density at radius 2 is 1.64 bits per heavy atom. The van der Waals surface area contributed by atoms with Crippen LogP contribution < -0.4 is 0 Å². The van der Waals surface area contributed by atoms with E-state index in [2.05, 4.69) is 9.97 Å². The summed E-state index contributed by atoms with van der Waals surface area (Å²) in [5, 5.41) is 0. The Balaban J connectivity index is 1.60. The number of imidazole rings is 1. The van der Waals surface area contributed by atoms with Crippen LogP contribution in [0.4, 0.5) is 0 Å². The summed E-state index contributed by atoms with van der Waals surface area (Å²) in [7, 11) is 0. The van der Waals surface area contributed by atoms with E-state index in [1.54, 1.807) is 42.5 Å². The molecule has 0 bridgehead atoms. The zero-order valence-corrected chi connectivity index (χ0v) is 15.3. The van der Waals surface area contributed by atoms with E-state index in [0.717, 1.165) is 22.4 Å². The Bertz CT molecular complexity index is 1160. The highest BCUT2D eigenvalue weighted by Gasteiger charge is 2.19. The van der Waals surface area contributed by atoms with Gasteiger partial charge in [0.2, 0.25) is 0 Å². The molecule has 0 saturated carbocycles. The number of carbonyl (C=O) groups is 2. The number of esters is 1. The fourth-order valence-electron chi connectivity index (χ4n) is 3.09. The zero-order chi connectivity index (χ0) is 19.5. The molecule has 0 atom stereocenters. The van der Waals surface area contributed by atoms with Gasteiger partial charge >= 0.3 is 5.97 Å². The molecule has 0 saturated heterocycles. The van der Waals surface area contributed by atoms with E-state index in [0.29, 0.717) is 11.1 Å². The van der Waals surface area contributed by atoms with E-state index >= 15 is 0 Å². The monoisotopic (exact) mass is 370 g/mol. The van der Waals surface area contributed by atoms with Gasteiger partial charge in [0.05, 0.1) is 16.6 Å². The van der Waals surface area contributed by atoms with Crippen LogP contribution in [0.25, 0.3) is 11.0 Å². The van der Waals surface area contributed by atoms with Gasteiger partial charge in [0, 0.05) is 11.1 Å². The normalized spacial score (nSPS) is 10.8. The van der Waals surface area contributed by atoms with Crippen molar-refractivity contribution in [3.05, 3.63) is 101 Å². The number of benzene rings is 3. The van der Waals surface area contributed by atoms with Gasteiger partial charge in [-0.3, -0.25) is 4.79 Å². The standard InChI is InChI=1S/C23H18N2O3/c1-15-24-20-12-11-17(13-21(20)25-15)22(26)18-9-5-6-10-19(18)23(27)28-14-16-7-3-2-4-8-16/h2-13H,14H2,1H3,(H,24,25). The average molecular weight is 370 g/mol. The van der Waals surface area contributed by atoms with Gasteiger partial charge in [-0.2, -0.15) is 0 Å². The van der Waals surface area contributed by atoms with Crippen molar-refractivity contribution in [2.45, 2.75) is 13.5 Å². The zero-order valence-electron chi connectivity index (χ0n) is 15.3. The van der Waals surface area contributed by atoms with Crippen LogP contribution in [0.1, 0.15) is 37.7 Å². The molecule has 0 amide bonds. The molecule has 0 fully saturated rings. The Kier molecular flexibility index (Phi) is 4.72. The second-order valence-electron chi connectivity index (χ2n) is 6.49. The van der Waals surface area contributed by atoms with Gasteiger partial charge in [-0.1, -0.05) is 48.5 Å². The maximum absolute atomic E-state index is 13.1. The summed E-state index contributed by atoms with van der Waals surface area (Å²) < 4.78 is 5.41. The number of aromatic nitrogens is 2. The molecule has 5 heteroatoms. The molecule has 0 spiro atoms. The van der Waals surface area contributed by atoms with Gasteiger partial charge in [0.15, 0.2) is 5.78 Å². The first kappa shape index (κ1) is 17.7. The highest BCUT2D eigenvalue weighted by Crippen LogP contribution is 2.20. The molecule has 1 heterocycles. The summed E-state index contributed by atoms with van der Waals surface area (Å²) in [6.45, 7) is 2.01. The molecule has 0 aliphatic rings. The molecule has 1 N–H and O–H groups in total. The average Bonchev–Trinajstić information content (AvgIpc) is 3.11. The number of fused-ring (bicyclic) bond motifs is 1. The van der Waals surface area contributed by atoms with Crippen LogP contribution in [0.3, 0.4) is 0 Å². The lowest BCUT2D eigenvalue weighted by Gasteiger charge is -2.09. The van der Waals surface area contributed by atoms with Crippen LogP contribution in [-0.4, -0.2) is 21.7 Å². The maximum atomic E-state index is 13.1. The van der Waals surface area contributed by atoms with Crippen molar-refractivity contribution >= 4 is 22.8 Å². The van der Waals surface area contributed by atoms with Crippen LogP contribution in [0, 0.1) is 6.92 Å². The van der Waals surface area contributed by atoms with Crippen molar-refractivity contribution in [1.82, 2.24) is 9.97 Å². The number of H-pyrrole nitrogens is 1. The first-order chi connectivity index (χ1) is 13.6. The molecular weight excluding hydrogens is 352 g/mol. The molecule has 138 valence electrons. The number of nitrogens with zero attached hydrogens (tertiary/aromatic N) is 1. The van der Waals surface area contributed by atoms with Gasteiger partial charge in [-0.25, -0.2) is 9.78 Å². The minimum Gasteiger partial charge on any atom is -0.457 e. The topological polar surface area (TPSA) is 72.1 Å². The second-order valence-corrected chi connectivity index (χ2v) is 6.49. The molecule has 3 aromatic carbocycles. The van der Waals surface area contributed by atoms with E-state index in [1.165, 1.54) is 0 Å². The second kappa shape index (κ2) is 7.48. The predicted molar refractivity (Wildman–Crippen MR) is 106 cm³/mol. The Hall–Kier alpha value is -3.73.